The molecule has 0 saturated carbocycles. The van der Waals surface area contributed by atoms with Gasteiger partial charge >= 0.3 is 0 Å². The van der Waals surface area contributed by atoms with Crippen molar-refractivity contribution < 1.29 is 4.42 Å². The third-order valence-electron chi connectivity index (χ3n) is 10.7. The Morgan fingerprint density at radius 2 is 0.607 bits per heavy atom. The number of furan rings is 1. The lowest BCUT2D eigenvalue weighted by molar-refractivity contribution is 0.669. The molecule has 0 amide bonds. The monoisotopic (exact) mass is 715 g/mol. The molecule has 0 bridgehead atoms. The van der Waals surface area contributed by atoms with E-state index in [1.807, 2.05) is 6.07 Å². The SMILES string of the molecule is c1ccc(-c2ccccc2-c2ccccc2N(c2ccccc2-c2ccccc2-c2ccccc2)c2ccccc2-c2cccc3oc4ccccc4c23)cc1. The van der Waals surface area contributed by atoms with Crippen LogP contribution < -0.4 is 4.90 Å². The van der Waals surface area contributed by atoms with Gasteiger partial charge in [-0.05, 0) is 69.3 Å². The van der Waals surface area contributed by atoms with Crippen LogP contribution in [0.2, 0.25) is 0 Å². The zero-order chi connectivity index (χ0) is 37.3. The van der Waals surface area contributed by atoms with Crippen molar-refractivity contribution >= 4 is 39.0 Å². The highest BCUT2D eigenvalue weighted by molar-refractivity contribution is 6.14. The molecule has 0 atom stereocenters. The summed E-state index contributed by atoms with van der Waals surface area (Å²) in [6, 6.07) is 80.1. The minimum Gasteiger partial charge on any atom is -0.456 e. The molecule has 2 nitrogen and oxygen atoms in total. The van der Waals surface area contributed by atoms with E-state index >= 15 is 0 Å². The molecule has 0 radical (unpaired) electrons. The van der Waals surface area contributed by atoms with E-state index in [4.69, 9.17) is 4.42 Å². The van der Waals surface area contributed by atoms with Crippen molar-refractivity contribution in [1.29, 1.82) is 0 Å². The molecule has 0 N–H and O–H groups in total. The normalized spacial score (nSPS) is 11.2. The summed E-state index contributed by atoms with van der Waals surface area (Å²) in [4.78, 5) is 2.48. The van der Waals surface area contributed by atoms with Crippen molar-refractivity contribution in [3.63, 3.8) is 0 Å². The van der Waals surface area contributed by atoms with Crippen LogP contribution in [0.25, 0.3) is 77.6 Å². The number of fused-ring (bicyclic) bond motifs is 3. The van der Waals surface area contributed by atoms with E-state index < -0.39 is 0 Å². The Balaban J connectivity index is 1.28. The summed E-state index contributed by atoms with van der Waals surface area (Å²) in [5.74, 6) is 0. The quantitative estimate of drug-likeness (QED) is 0.156. The minimum absolute atomic E-state index is 0.874. The Kier molecular flexibility index (Phi) is 8.55. The molecule has 1 heterocycles. The van der Waals surface area contributed by atoms with E-state index in [0.29, 0.717) is 0 Å². The van der Waals surface area contributed by atoms with Crippen molar-refractivity contribution in [3.8, 4) is 55.6 Å². The van der Waals surface area contributed by atoms with E-state index in [0.717, 1.165) is 61.3 Å². The lowest BCUT2D eigenvalue weighted by atomic mass is 9.90. The highest BCUT2D eigenvalue weighted by Crippen LogP contribution is 2.50. The van der Waals surface area contributed by atoms with Gasteiger partial charge in [0.15, 0.2) is 0 Å². The van der Waals surface area contributed by atoms with Crippen molar-refractivity contribution in [2.45, 2.75) is 0 Å². The summed E-state index contributed by atoms with van der Waals surface area (Å²) < 4.78 is 6.43. The number of benzene rings is 9. The Hall–Kier alpha value is -7.42. The van der Waals surface area contributed by atoms with Crippen LogP contribution in [0.15, 0.2) is 229 Å². The Morgan fingerprint density at radius 1 is 0.250 bits per heavy atom. The Bertz CT molecular complexity index is 2850. The first-order valence-corrected chi connectivity index (χ1v) is 19.1. The molecule has 0 spiro atoms. The van der Waals surface area contributed by atoms with Crippen LogP contribution >= 0.6 is 0 Å². The highest BCUT2D eigenvalue weighted by atomic mass is 16.3. The molecule has 56 heavy (non-hydrogen) atoms. The predicted octanol–water partition coefficient (Wildman–Crippen LogP) is 15.4. The number of rotatable bonds is 8. The molecule has 10 aromatic rings. The minimum atomic E-state index is 0.874. The molecule has 2 heteroatoms. The van der Waals surface area contributed by atoms with Crippen molar-refractivity contribution in [2.24, 2.45) is 0 Å². The predicted molar refractivity (Wildman–Crippen MR) is 236 cm³/mol. The number of hydrogen-bond donors (Lipinski definition) is 0. The maximum atomic E-state index is 6.43. The van der Waals surface area contributed by atoms with Gasteiger partial charge in [0.05, 0.1) is 17.1 Å². The van der Waals surface area contributed by atoms with Gasteiger partial charge in [0.25, 0.3) is 0 Å². The second-order valence-electron chi connectivity index (χ2n) is 14.0. The van der Waals surface area contributed by atoms with Crippen LogP contribution in [0.5, 0.6) is 0 Å². The number of anilines is 3. The fourth-order valence-corrected chi connectivity index (χ4v) is 8.25. The number of para-hydroxylation sites is 4. The van der Waals surface area contributed by atoms with Gasteiger partial charge < -0.3 is 9.32 Å². The molecule has 264 valence electrons. The summed E-state index contributed by atoms with van der Waals surface area (Å²) in [5.41, 5.74) is 16.6. The molecule has 0 aliphatic carbocycles. The van der Waals surface area contributed by atoms with Gasteiger partial charge in [0.2, 0.25) is 0 Å². The number of nitrogens with zero attached hydrogens (tertiary/aromatic N) is 1. The molecule has 10 rings (SSSR count). The van der Waals surface area contributed by atoms with Crippen LogP contribution in [-0.4, -0.2) is 0 Å². The molecular weight excluding hydrogens is 679 g/mol. The van der Waals surface area contributed by atoms with Gasteiger partial charge in [0.1, 0.15) is 11.2 Å². The lowest BCUT2D eigenvalue weighted by Crippen LogP contribution is -2.14. The van der Waals surface area contributed by atoms with Crippen LogP contribution in [0.1, 0.15) is 0 Å². The molecule has 0 unspecified atom stereocenters. The highest BCUT2D eigenvalue weighted by Gasteiger charge is 2.25. The molecule has 0 aliphatic heterocycles. The van der Waals surface area contributed by atoms with Crippen LogP contribution in [0.3, 0.4) is 0 Å². The van der Waals surface area contributed by atoms with Gasteiger partial charge in [0, 0.05) is 27.5 Å². The van der Waals surface area contributed by atoms with E-state index in [9.17, 15) is 0 Å². The fraction of sp³-hybridized carbons (Fsp3) is 0. The molecule has 9 aromatic carbocycles. The molecule has 0 fully saturated rings. The summed E-state index contributed by atoms with van der Waals surface area (Å²) in [6.45, 7) is 0. The summed E-state index contributed by atoms with van der Waals surface area (Å²) >= 11 is 0. The van der Waals surface area contributed by atoms with Gasteiger partial charge in [-0.25, -0.2) is 0 Å². The summed E-state index contributed by atoms with van der Waals surface area (Å²) in [6.07, 6.45) is 0. The van der Waals surface area contributed by atoms with Crippen molar-refractivity contribution in [3.05, 3.63) is 224 Å². The fourth-order valence-electron chi connectivity index (χ4n) is 8.25. The van der Waals surface area contributed by atoms with E-state index in [1.165, 1.54) is 33.4 Å². The topological polar surface area (TPSA) is 16.4 Å². The lowest BCUT2D eigenvalue weighted by Gasteiger charge is -2.32. The maximum Gasteiger partial charge on any atom is 0.136 e. The Labute approximate surface area is 327 Å². The van der Waals surface area contributed by atoms with Crippen molar-refractivity contribution in [1.82, 2.24) is 0 Å². The van der Waals surface area contributed by atoms with E-state index in [-0.39, 0.29) is 0 Å². The molecule has 0 saturated heterocycles. The van der Waals surface area contributed by atoms with E-state index in [2.05, 4.69) is 223 Å². The van der Waals surface area contributed by atoms with Crippen LogP contribution in [-0.2, 0) is 0 Å². The zero-order valence-electron chi connectivity index (χ0n) is 30.7. The van der Waals surface area contributed by atoms with Gasteiger partial charge in [-0.15, -0.1) is 0 Å². The first-order chi connectivity index (χ1) is 27.8. The average molecular weight is 716 g/mol. The molecular formula is C54H37NO. The average Bonchev–Trinajstić information content (AvgIpc) is 3.67. The second-order valence-corrected chi connectivity index (χ2v) is 14.0. The zero-order valence-corrected chi connectivity index (χ0v) is 30.7. The summed E-state index contributed by atoms with van der Waals surface area (Å²) in [7, 11) is 0. The van der Waals surface area contributed by atoms with Crippen LogP contribution in [0.4, 0.5) is 17.1 Å². The summed E-state index contributed by atoms with van der Waals surface area (Å²) in [5, 5.41) is 2.22. The third-order valence-corrected chi connectivity index (χ3v) is 10.7. The largest absolute Gasteiger partial charge is 0.456 e. The molecule has 0 aliphatic rings. The molecule has 1 aromatic heterocycles. The smallest absolute Gasteiger partial charge is 0.136 e. The van der Waals surface area contributed by atoms with Crippen molar-refractivity contribution in [2.75, 3.05) is 4.90 Å². The van der Waals surface area contributed by atoms with Crippen LogP contribution in [0, 0.1) is 0 Å². The van der Waals surface area contributed by atoms with Gasteiger partial charge in [-0.3, -0.25) is 0 Å². The second kappa shape index (κ2) is 14.4. The van der Waals surface area contributed by atoms with Gasteiger partial charge in [-0.1, -0.05) is 194 Å². The number of hydrogen-bond acceptors (Lipinski definition) is 2. The third kappa shape index (κ3) is 5.85. The van der Waals surface area contributed by atoms with E-state index in [1.54, 1.807) is 0 Å². The standard InChI is InChI=1S/C54H37NO/c1-3-20-38(21-4-1)40-24-7-9-26-42(40)44-28-11-15-33-49(44)55(50-34-16-12-29-45(50)43-27-10-8-25-41(43)39-22-5-2-6-23-39)51-35-17-13-30-46(51)47-32-19-37-53-54(47)48-31-14-18-36-52(48)56-53/h1-37H. The maximum absolute atomic E-state index is 6.43. The van der Waals surface area contributed by atoms with Gasteiger partial charge in [-0.2, -0.15) is 0 Å². The Morgan fingerprint density at radius 3 is 1.12 bits per heavy atom. The first-order valence-electron chi connectivity index (χ1n) is 19.1. The first kappa shape index (κ1) is 33.2.